The first-order chi connectivity index (χ1) is 8.52. The fourth-order valence-corrected chi connectivity index (χ4v) is 1.26. The molecule has 18 heavy (non-hydrogen) atoms. The molecule has 0 fully saturated rings. The first kappa shape index (κ1) is 14.0. The summed E-state index contributed by atoms with van der Waals surface area (Å²) >= 11 is 0. The van der Waals surface area contributed by atoms with E-state index in [4.69, 9.17) is 0 Å². The molecule has 1 aromatic rings. The number of hydrogen-bond donors (Lipinski definition) is 2. The smallest absolute Gasteiger partial charge is 0.248 e. The molecule has 4 nitrogen and oxygen atoms in total. The Bertz CT molecular complexity index is 447. The molecule has 4 heteroatoms. The van der Waals surface area contributed by atoms with Gasteiger partial charge >= 0.3 is 0 Å². The molecule has 0 saturated heterocycles. The van der Waals surface area contributed by atoms with Gasteiger partial charge in [-0.25, -0.2) is 0 Å². The zero-order chi connectivity index (χ0) is 13.5. The van der Waals surface area contributed by atoms with Gasteiger partial charge in [-0.2, -0.15) is 0 Å². The Labute approximate surface area is 107 Å². The number of benzene rings is 1. The minimum atomic E-state index is -0.170. The quantitative estimate of drug-likeness (QED) is 0.802. The molecular formula is C14H18N2O2. The van der Waals surface area contributed by atoms with Crippen LogP contribution in [0.15, 0.2) is 36.4 Å². The molecule has 0 aliphatic carbocycles. The number of carbonyl (C=O) groups excluding carboxylic acids is 2. The third kappa shape index (κ3) is 4.41. The van der Waals surface area contributed by atoms with E-state index in [2.05, 4.69) is 10.6 Å². The van der Waals surface area contributed by atoms with Crippen molar-refractivity contribution in [1.82, 2.24) is 0 Å². The van der Waals surface area contributed by atoms with E-state index >= 15 is 0 Å². The summed E-state index contributed by atoms with van der Waals surface area (Å²) in [5.41, 5.74) is 1.42. The summed E-state index contributed by atoms with van der Waals surface area (Å²) in [6.07, 6.45) is 3.13. The number of hydrogen-bond acceptors (Lipinski definition) is 2. The van der Waals surface area contributed by atoms with Crippen LogP contribution in [0.2, 0.25) is 0 Å². The van der Waals surface area contributed by atoms with E-state index in [1.54, 1.807) is 37.3 Å². The maximum atomic E-state index is 11.5. The minimum Gasteiger partial charge on any atom is -0.326 e. The molecule has 0 atom stereocenters. The highest BCUT2D eigenvalue weighted by Gasteiger charge is 2.06. The summed E-state index contributed by atoms with van der Waals surface area (Å²) < 4.78 is 0. The van der Waals surface area contributed by atoms with E-state index in [0.29, 0.717) is 5.69 Å². The van der Waals surface area contributed by atoms with Gasteiger partial charge in [-0.05, 0) is 37.3 Å². The van der Waals surface area contributed by atoms with Crippen molar-refractivity contribution in [2.45, 2.75) is 20.8 Å². The molecule has 0 saturated carbocycles. The molecule has 1 aromatic carbocycles. The standard InChI is InChI=1S/C14H18N2O2/c1-4-5-13(17)15-11-6-8-12(9-7-11)16-14(18)10(2)3/h4-10H,1-3H3,(H,15,17)(H,16,18)/b5-4+. The van der Waals surface area contributed by atoms with E-state index < -0.39 is 0 Å². The van der Waals surface area contributed by atoms with Crippen molar-refractivity contribution in [2.24, 2.45) is 5.92 Å². The largest absolute Gasteiger partial charge is 0.326 e. The predicted molar refractivity (Wildman–Crippen MR) is 73.4 cm³/mol. The number of allylic oxidation sites excluding steroid dienone is 1. The molecule has 0 heterocycles. The van der Waals surface area contributed by atoms with Gasteiger partial charge in [-0.15, -0.1) is 0 Å². The summed E-state index contributed by atoms with van der Waals surface area (Å²) in [4.78, 5) is 22.8. The van der Waals surface area contributed by atoms with Crippen LogP contribution >= 0.6 is 0 Å². The van der Waals surface area contributed by atoms with Crippen LogP contribution in [0.4, 0.5) is 11.4 Å². The summed E-state index contributed by atoms with van der Waals surface area (Å²) in [5.74, 6) is -0.253. The lowest BCUT2D eigenvalue weighted by molar-refractivity contribution is -0.119. The molecule has 1 rings (SSSR count). The van der Waals surface area contributed by atoms with Crippen LogP contribution in [0.25, 0.3) is 0 Å². The highest BCUT2D eigenvalue weighted by Crippen LogP contribution is 2.14. The SMILES string of the molecule is C/C=C/C(=O)Nc1ccc(NC(=O)C(C)C)cc1. The summed E-state index contributed by atoms with van der Waals surface area (Å²) in [5, 5.41) is 5.49. The average molecular weight is 246 g/mol. The van der Waals surface area contributed by atoms with E-state index in [1.165, 1.54) is 6.08 Å². The van der Waals surface area contributed by atoms with Crippen LogP contribution in [0.3, 0.4) is 0 Å². The second kappa shape index (κ2) is 6.59. The Kier molecular flexibility index (Phi) is 5.11. The van der Waals surface area contributed by atoms with E-state index in [9.17, 15) is 9.59 Å². The molecule has 0 aromatic heterocycles. The summed E-state index contributed by atoms with van der Waals surface area (Å²) in [6.45, 7) is 5.45. The maximum Gasteiger partial charge on any atom is 0.248 e. The Balaban J connectivity index is 2.63. The molecule has 0 aliphatic heterocycles. The van der Waals surface area contributed by atoms with Gasteiger partial charge in [0.25, 0.3) is 0 Å². The van der Waals surface area contributed by atoms with Crippen molar-refractivity contribution in [1.29, 1.82) is 0 Å². The first-order valence-electron chi connectivity index (χ1n) is 5.87. The molecule has 96 valence electrons. The fraction of sp³-hybridized carbons (Fsp3) is 0.286. The molecule has 0 spiro atoms. The van der Waals surface area contributed by atoms with Gasteiger partial charge in [-0.3, -0.25) is 9.59 Å². The van der Waals surface area contributed by atoms with Crippen molar-refractivity contribution in [3.05, 3.63) is 36.4 Å². The van der Waals surface area contributed by atoms with Gasteiger partial charge in [0.05, 0.1) is 0 Å². The van der Waals surface area contributed by atoms with Gasteiger partial charge in [-0.1, -0.05) is 19.9 Å². The molecule has 2 N–H and O–H groups in total. The Morgan fingerprint density at radius 2 is 1.56 bits per heavy atom. The zero-order valence-electron chi connectivity index (χ0n) is 10.9. The summed E-state index contributed by atoms with van der Waals surface area (Å²) in [6, 6.07) is 7.01. The van der Waals surface area contributed by atoms with E-state index in [-0.39, 0.29) is 17.7 Å². The van der Waals surface area contributed by atoms with Crippen LogP contribution in [-0.2, 0) is 9.59 Å². The normalized spacial score (nSPS) is 10.7. The van der Waals surface area contributed by atoms with Crippen LogP contribution in [-0.4, -0.2) is 11.8 Å². The van der Waals surface area contributed by atoms with Crippen molar-refractivity contribution in [2.75, 3.05) is 10.6 Å². The Morgan fingerprint density at radius 1 is 1.06 bits per heavy atom. The highest BCUT2D eigenvalue weighted by atomic mass is 16.2. The number of carbonyl (C=O) groups is 2. The van der Waals surface area contributed by atoms with Crippen LogP contribution < -0.4 is 10.6 Å². The third-order valence-electron chi connectivity index (χ3n) is 2.26. The lowest BCUT2D eigenvalue weighted by Crippen LogP contribution is -2.17. The molecule has 0 radical (unpaired) electrons. The number of nitrogens with one attached hydrogen (secondary N) is 2. The minimum absolute atomic E-state index is 0.0271. The number of rotatable bonds is 4. The van der Waals surface area contributed by atoms with E-state index in [0.717, 1.165) is 5.69 Å². The highest BCUT2D eigenvalue weighted by molar-refractivity contribution is 5.99. The second-order valence-corrected chi connectivity index (χ2v) is 4.21. The average Bonchev–Trinajstić information content (AvgIpc) is 2.31. The van der Waals surface area contributed by atoms with Gasteiger partial charge in [0, 0.05) is 17.3 Å². The number of amides is 2. The van der Waals surface area contributed by atoms with Crippen molar-refractivity contribution >= 4 is 23.2 Å². The predicted octanol–water partition coefficient (Wildman–Crippen LogP) is 2.80. The summed E-state index contributed by atoms with van der Waals surface area (Å²) in [7, 11) is 0. The van der Waals surface area contributed by atoms with Gasteiger partial charge < -0.3 is 10.6 Å². The second-order valence-electron chi connectivity index (χ2n) is 4.21. The van der Waals surface area contributed by atoms with Crippen LogP contribution in [0, 0.1) is 5.92 Å². The van der Waals surface area contributed by atoms with Gasteiger partial charge in [0.2, 0.25) is 11.8 Å². The monoisotopic (exact) mass is 246 g/mol. The fourth-order valence-electron chi connectivity index (χ4n) is 1.26. The molecule has 0 unspecified atom stereocenters. The lowest BCUT2D eigenvalue weighted by atomic mass is 10.2. The van der Waals surface area contributed by atoms with Crippen LogP contribution in [0.1, 0.15) is 20.8 Å². The molecule has 0 bridgehead atoms. The molecule has 0 aliphatic rings. The molecular weight excluding hydrogens is 228 g/mol. The Morgan fingerprint density at radius 3 is 2.00 bits per heavy atom. The maximum absolute atomic E-state index is 11.5. The van der Waals surface area contributed by atoms with Gasteiger partial charge in [0.1, 0.15) is 0 Å². The van der Waals surface area contributed by atoms with Crippen LogP contribution in [0.5, 0.6) is 0 Å². The lowest BCUT2D eigenvalue weighted by Gasteiger charge is -2.08. The topological polar surface area (TPSA) is 58.2 Å². The van der Waals surface area contributed by atoms with Crippen molar-refractivity contribution in [3.63, 3.8) is 0 Å². The zero-order valence-corrected chi connectivity index (χ0v) is 10.9. The first-order valence-corrected chi connectivity index (χ1v) is 5.87. The number of anilines is 2. The Hall–Kier alpha value is -2.10. The third-order valence-corrected chi connectivity index (χ3v) is 2.26. The van der Waals surface area contributed by atoms with Crippen molar-refractivity contribution in [3.8, 4) is 0 Å². The van der Waals surface area contributed by atoms with Gasteiger partial charge in [0.15, 0.2) is 0 Å². The van der Waals surface area contributed by atoms with Crippen molar-refractivity contribution < 1.29 is 9.59 Å². The van der Waals surface area contributed by atoms with E-state index in [1.807, 2.05) is 13.8 Å². The molecule has 2 amide bonds.